The highest BCUT2D eigenvalue weighted by Crippen LogP contribution is 2.22. The lowest BCUT2D eigenvalue weighted by molar-refractivity contribution is -0.153. The van der Waals surface area contributed by atoms with Crippen LogP contribution in [0.3, 0.4) is 0 Å². The number of thiophene rings is 1. The van der Waals surface area contributed by atoms with Gasteiger partial charge in [-0.15, -0.1) is 11.3 Å². The van der Waals surface area contributed by atoms with Crippen molar-refractivity contribution in [2.24, 2.45) is 7.05 Å². The molecule has 33 heavy (non-hydrogen) atoms. The highest BCUT2D eigenvalue weighted by Gasteiger charge is 2.23. The Hall–Kier alpha value is -3.46. The number of nitrogens with one attached hydrogen (secondary N) is 1. The molecule has 1 amide bonds. The maximum atomic E-state index is 12.9. The van der Waals surface area contributed by atoms with Gasteiger partial charge in [-0.2, -0.15) is 0 Å². The summed E-state index contributed by atoms with van der Waals surface area (Å²) in [5, 5.41) is 2.58. The molecule has 0 aliphatic heterocycles. The molecule has 0 radical (unpaired) electrons. The lowest BCUT2D eigenvalue weighted by Crippen LogP contribution is -2.32. The number of anilines is 1. The third kappa shape index (κ3) is 5.31. The Morgan fingerprint density at radius 3 is 2.36 bits per heavy atom. The summed E-state index contributed by atoms with van der Waals surface area (Å²) in [6, 6.07) is 10.9. The van der Waals surface area contributed by atoms with E-state index in [0.29, 0.717) is 16.9 Å². The van der Waals surface area contributed by atoms with Crippen LogP contribution in [-0.4, -0.2) is 33.1 Å². The quantitative estimate of drug-likeness (QED) is 0.401. The Labute approximate surface area is 195 Å². The monoisotopic (exact) mass is 469 g/mol. The van der Waals surface area contributed by atoms with E-state index < -0.39 is 18.0 Å². The number of nitrogens with zero attached hydrogens (tertiary/aromatic N) is 2. The molecule has 8 nitrogen and oxygen atoms in total. The molecule has 1 unspecified atom stereocenters. The smallest absolute Gasteiger partial charge is 0.307 e. The first-order valence-corrected chi connectivity index (χ1v) is 11.4. The van der Waals surface area contributed by atoms with E-state index in [1.807, 2.05) is 38.1 Å². The molecule has 1 aromatic carbocycles. The van der Waals surface area contributed by atoms with Crippen molar-refractivity contribution in [2.45, 2.75) is 46.6 Å². The van der Waals surface area contributed by atoms with Gasteiger partial charge in [-0.1, -0.05) is 18.2 Å². The van der Waals surface area contributed by atoms with E-state index in [1.165, 1.54) is 22.9 Å². The zero-order chi connectivity index (χ0) is 24.3. The lowest BCUT2D eigenvalue weighted by atomic mass is 10.1. The fourth-order valence-electron chi connectivity index (χ4n) is 3.50. The topological polar surface area (TPSA) is 99.4 Å². The van der Waals surface area contributed by atoms with E-state index in [1.54, 1.807) is 30.8 Å². The summed E-state index contributed by atoms with van der Waals surface area (Å²) in [4.78, 5) is 52.0. The standard InChI is InChI=1S/C24H27N3O5S/c1-14-13-19(17(4)33-14)20(28)11-12-21(29)32-16(3)23(30)25-22-15(2)26(5)27(24(22)31)18-9-7-6-8-10-18/h6-10,13,16H,11-12H2,1-5H3,(H,25,30). The molecule has 2 heterocycles. The van der Waals surface area contributed by atoms with Gasteiger partial charge in [0.15, 0.2) is 11.9 Å². The Morgan fingerprint density at radius 1 is 1.09 bits per heavy atom. The molecule has 174 valence electrons. The first kappa shape index (κ1) is 24.2. The molecule has 0 fully saturated rings. The highest BCUT2D eigenvalue weighted by molar-refractivity contribution is 7.12. The molecule has 9 heteroatoms. The van der Waals surface area contributed by atoms with Gasteiger partial charge in [0, 0.05) is 28.8 Å². The molecule has 1 N–H and O–H groups in total. The predicted octanol–water partition coefficient (Wildman–Crippen LogP) is 3.70. The van der Waals surface area contributed by atoms with Crippen LogP contribution in [-0.2, 0) is 21.4 Å². The summed E-state index contributed by atoms with van der Waals surface area (Å²) in [5.41, 5.74) is 1.56. The summed E-state index contributed by atoms with van der Waals surface area (Å²) >= 11 is 1.53. The van der Waals surface area contributed by atoms with Crippen LogP contribution in [0.5, 0.6) is 0 Å². The van der Waals surface area contributed by atoms with Crippen LogP contribution in [0.2, 0.25) is 0 Å². The summed E-state index contributed by atoms with van der Waals surface area (Å²) in [7, 11) is 1.72. The van der Waals surface area contributed by atoms with Crippen molar-refractivity contribution < 1.29 is 19.1 Å². The molecule has 0 aliphatic carbocycles. The molecule has 0 aliphatic rings. The van der Waals surface area contributed by atoms with Gasteiger partial charge in [-0.3, -0.25) is 23.9 Å². The van der Waals surface area contributed by atoms with E-state index in [2.05, 4.69) is 5.32 Å². The summed E-state index contributed by atoms with van der Waals surface area (Å²) in [6.07, 6.45) is -1.25. The van der Waals surface area contributed by atoms with E-state index in [4.69, 9.17) is 4.74 Å². The van der Waals surface area contributed by atoms with Gasteiger partial charge in [0.1, 0.15) is 5.69 Å². The number of aromatic nitrogens is 2. The Bertz CT molecular complexity index is 1250. The van der Waals surface area contributed by atoms with Crippen LogP contribution in [0.1, 0.15) is 45.6 Å². The minimum Gasteiger partial charge on any atom is -0.453 e. The van der Waals surface area contributed by atoms with Crippen LogP contribution in [0, 0.1) is 20.8 Å². The maximum Gasteiger partial charge on any atom is 0.307 e. The van der Waals surface area contributed by atoms with Gasteiger partial charge in [0.05, 0.1) is 17.8 Å². The Kier molecular flexibility index (Phi) is 7.33. The van der Waals surface area contributed by atoms with Crippen molar-refractivity contribution in [3.63, 3.8) is 0 Å². The number of ether oxygens (including phenoxy) is 1. The number of esters is 1. The first-order chi connectivity index (χ1) is 15.6. The van der Waals surface area contributed by atoms with Gasteiger partial charge in [0.25, 0.3) is 11.5 Å². The van der Waals surface area contributed by atoms with E-state index in [-0.39, 0.29) is 29.9 Å². The summed E-state index contributed by atoms with van der Waals surface area (Å²) in [6.45, 7) is 6.93. The van der Waals surface area contributed by atoms with Gasteiger partial charge in [0.2, 0.25) is 0 Å². The maximum absolute atomic E-state index is 12.9. The van der Waals surface area contributed by atoms with Crippen molar-refractivity contribution in [2.75, 3.05) is 5.32 Å². The average Bonchev–Trinajstić information content (AvgIpc) is 3.22. The second-order valence-corrected chi connectivity index (χ2v) is 9.27. The SMILES string of the molecule is Cc1cc(C(=O)CCC(=O)OC(C)C(=O)Nc2c(C)n(C)n(-c3ccccc3)c2=O)c(C)s1. The number of carbonyl (C=O) groups is 3. The molecular weight excluding hydrogens is 442 g/mol. The number of ketones is 1. The molecule has 3 rings (SSSR count). The molecular formula is C24H27N3O5S. The van der Waals surface area contributed by atoms with Crippen molar-refractivity contribution in [3.05, 3.63) is 67.8 Å². The number of rotatable bonds is 8. The van der Waals surface area contributed by atoms with Crippen molar-refractivity contribution in [1.82, 2.24) is 9.36 Å². The zero-order valence-electron chi connectivity index (χ0n) is 19.3. The first-order valence-electron chi connectivity index (χ1n) is 10.5. The van der Waals surface area contributed by atoms with Crippen molar-refractivity contribution in [3.8, 4) is 5.69 Å². The van der Waals surface area contributed by atoms with Crippen LogP contribution in [0.15, 0.2) is 41.2 Å². The number of benzene rings is 1. The minimum atomic E-state index is -1.12. The van der Waals surface area contributed by atoms with E-state index in [9.17, 15) is 19.2 Å². The van der Waals surface area contributed by atoms with Crippen LogP contribution in [0.25, 0.3) is 5.69 Å². The number of hydrogen-bond donors (Lipinski definition) is 1. The Balaban J connectivity index is 1.62. The molecule has 0 saturated carbocycles. The van der Waals surface area contributed by atoms with Gasteiger partial charge in [-0.25, -0.2) is 4.68 Å². The molecule has 1 atom stereocenters. The number of hydrogen-bond acceptors (Lipinski definition) is 6. The molecule has 0 bridgehead atoms. The number of Topliss-reactive ketones (excluding diaryl/α,β-unsaturated/α-hetero) is 1. The van der Waals surface area contributed by atoms with Crippen LogP contribution < -0.4 is 10.9 Å². The predicted molar refractivity (Wildman–Crippen MR) is 127 cm³/mol. The number of amides is 1. The normalized spacial score (nSPS) is 11.8. The van der Waals surface area contributed by atoms with Gasteiger partial charge < -0.3 is 10.1 Å². The number of aryl methyl sites for hydroxylation is 2. The number of para-hydroxylation sites is 1. The fraction of sp³-hybridized carbons (Fsp3) is 0.333. The third-order valence-electron chi connectivity index (χ3n) is 5.38. The molecule has 0 spiro atoms. The molecule has 3 aromatic rings. The summed E-state index contributed by atoms with van der Waals surface area (Å²) < 4.78 is 8.28. The fourth-order valence-corrected chi connectivity index (χ4v) is 4.45. The molecule has 2 aromatic heterocycles. The minimum absolute atomic E-state index is 0.00373. The van der Waals surface area contributed by atoms with Crippen LogP contribution in [0.4, 0.5) is 5.69 Å². The average molecular weight is 470 g/mol. The summed E-state index contributed by atoms with van der Waals surface area (Å²) in [5.74, 6) is -1.40. The van der Waals surface area contributed by atoms with Gasteiger partial charge in [-0.05, 0) is 45.9 Å². The molecule has 0 saturated heterocycles. The second-order valence-electron chi connectivity index (χ2n) is 7.81. The third-order valence-corrected chi connectivity index (χ3v) is 6.34. The zero-order valence-corrected chi connectivity index (χ0v) is 20.1. The lowest BCUT2D eigenvalue weighted by Gasteiger charge is -2.13. The largest absolute Gasteiger partial charge is 0.453 e. The van der Waals surface area contributed by atoms with Gasteiger partial charge >= 0.3 is 5.97 Å². The highest BCUT2D eigenvalue weighted by atomic mass is 32.1. The van der Waals surface area contributed by atoms with Crippen molar-refractivity contribution in [1.29, 1.82) is 0 Å². The second kappa shape index (κ2) is 9.99. The van der Waals surface area contributed by atoms with Crippen LogP contribution >= 0.6 is 11.3 Å². The van der Waals surface area contributed by atoms with E-state index in [0.717, 1.165) is 9.75 Å². The number of carbonyl (C=O) groups excluding carboxylic acids is 3. The van der Waals surface area contributed by atoms with E-state index >= 15 is 0 Å². The Morgan fingerprint density at radius 2 is 1.76 bits per heavy atom. The van der Waals surface area contributed by atoms with Crippen molar-refractivity contribution >= 4 is 34.7 Å².